The van der Waals surface area contributed by atoms with Crippen LogP contribution in [-0.2, 0) is 0 Å². The van der Waals surface area contributed by atoms with E-state index in [1.807, 2.05) is 13.1 Å². The molecule has 1 saturated heterocycles. The first-order chi connectivity index (χ1) is 9.69. The average molecular weight is 408 g/mol. The molecule has 0 bridgehead atoms. The summed E-state index contributed by atoms with van der Waals surface area (Å²) in [6, 6.07) is 0.734. The summed E-state index contributed by atoms with van der Waals surface area (Å²) in [5.41, 5.74) is 0. The SMILES string of the molecule is C=CCCCN(C)C(=NC)NCCN1CCCCC1C.I. The topological polar surface area (TPSA) is 30.9 Å². The van der Waals surface area contributed by atoms with Gasteiger partial charge in [0.1, 0.15) is 0 Å². The molecule has 1 heterocycles. The molecule has 0 saturated carbocycles. The fourth-order valence-electron chi connectivity index (χ4n) is 2.76. The number of unbranched alkanes of at least 4 members (excludes halogenated alkanes) is 1. The molecule has 0 amide bonds. The summed E-state index contributed by atoms with van der Waals surface area (Å²) in [5, 5.41) is 3.47. The van der Waals surface area contributed by atoms with Crippen LogP contribution in [0, 0.1) is 0 Å². The van der Waals surface area contributed by atoms with E-state index in [0.29, 0.717) is 0 Å². The van der Waals surface area contributed by atoms with Gasteiger partial charge < -0.3 is 10.2 Å². The average Bonchev–Trinajstić information content (AvgIpc) is 2.45. The number of guanidine groups is 1. The maximum atomic E-state index is 4.36. The maximum Gasteiger partial charge on any atom is 0.193 e. The smallest absolute Gasteiger partial charge is 0.193 e. The molecule has 0 radical (unpaired) electrons. The van der Waals surface area contributed by atoms with Gasteiger partial charge in [0.25, 0.3) is 0 Å². The molecule has 21 heavy (non-hydrogen) atoms. The molecule has 1 aliphatic rings. The Hall–Kier alpha value is -0.300. The summed E-state index contributed by atoms with van der Waals surface area (Å²) < 4.78 is 0. The molecule has 0 aromatic heterocycles. The molecular weight excluding hydrogens is 375 g/mol. The van der Waals surface area contributed by atoms with E-state index in [9.17, 15) is 0 Å². The van der Waals surface area contributed by atoms with Crippen LogP contribution in [-0.4, -0.2) is 62.1 Å². The van der Waals surface area contributed by atoms with E-state index < -0.39 is 0 Å². The molecule has 0 aliphatic carbocycles. The number of piperidine rings is 1. The van der Waals surface area contributed by atoms with Crippen molar-refractivity contribution < 1.29 is 0 Å². The normalized spacial score (nSPS) is 19.8. The van der Waals surface area contributed by atoms with E-state index in [2.05, 4.69) is 40.7 Å². The Labute approximate surface area is 148 Å². The number of nitrogens with one attached hydrogen (secondary N) is 1. The number of allylic oxidation sites excluding steroid dienone is 1. The van der Waals surface area contributed by atoms with Gasteiger partial charge in [-0.2, -0.15) is 0 Å². The first-order valence-corrected chi connectivity index (χ1v) is 7.95. The van der Waals surface area contributed by atoms with E-state index in [1.165, 1.54) is 25.8 Å². The molecule has 1 unspecified atom stereocenters. The van der Waals surface area contributed by atoms with Gasteiger partial charge in [-0.3, -0.25) is 9.89 Å². The van der Waals surface area contributed by atoms with E-state index in [1.54, 1.807) is 0 Å². The molecule has 1 aliphatic heterocycles. The van der Waals surface area contributed by atoms with Crippen molar-refractivity contribution >= 4 is 29.9 Å². The predicted octanol–water partition coefficient (Wildman–Crippen LogP) is 2.95. The third-order valence-corrected chi connectivity index (χ3v) is 4.10. The number of nitrogens with zero attached hydrogens (tertiary/aromatic N) is 3. The molecule has 4 nitrogen and oxygen atoms in total. The van der Waals surface area contributed by atoms with Gasteiger partial charge in [-0.15, -0.1) is 30.6 Å². The number of halogens is 1. The molecule has 1 rings (SSSR count). The van der Waals surface area contributed by atoms with Crippen LogP contribution in [0.15, 0.2) is 17.6 Å². The summed E-state index contributed by atoms with van der Waals surface area (Å²) in [5.74, 6) is 0.999. The Morgan fingerprint density at radius 2 is 2.24 bits per heavy atom. The van der Waals surface area contributed by atoms with Crippen molar-refractivity contribution in [3.05, 3.63) is 12.7 Å². The largest absolute Gasteiger partial charge is 0.355 e. The van der Waals surface area contributed by atoms with Gasteiger partial charge in [0.15, 0.2) is 5.96 Å². The van der Waals surface area contributed by atoms with Gasteiger partial charge in [0, 0.05) is 39.8 Å². The van der Waals surface area contributed by atoms with Crippen LogP contribution in [0.3, 0.4) is 0 Å². The monoisotopic (exact) mass is 408 g/mol. The number of aliphatic imine (C=N–C) groups is 1. The summed E-state index contributed by atoms with van der Waals surface area (Å²) in [6.07, 6.45) is 8.24. The van der Waals surface area contributed by atoms with Crippen molar-refractivity contribution in [2.24, 2.45) is 4.99 Å². The molecule has 0 spiro atoms. The summed E-state index contributed by atoms with van der Waals surface area (Å²) in [7, 11) is 3.96. The summed E-state index contributed by atoms with van der Waals surface area (Å²) in [6.45, 7) is 10.5. The van der Waals surface area contributed by atoms with Gasteiger partial charge in [0.05, 0.1) is 0 Å². The lowest BCUT2D eigenvalue weighted by molar-refractivity contribution is 0.163. The van der Waals surface area contributed by atoms with E-state index in [-0.39, 0.29) is 24.0 Å². The summed E-state index contributed by atoms with van der Waals surface area (Å²) >= 11 is 0. The lowest BCUT2D eigenvalue weighted by atomic mass is 10.0. The van der Waals surface area contributed by atoms with Gasteiger partial charge in [0.2, 0.25) is 0 Å². The third kappa shape index (κ3) is 8.04. The minimum Gasteiger partial charge on any atom is -0.355 e. The standard InChI is InChI=1S/C16H32N4.HI/c1-5-6-8-12-19(4)16(17-3)18-11-14-20-13-9-7-10-15(20)2;/h5,15H,1,6-14H2,2-4H3,(H,17,18);1H. The van der Waals surface area contributed by atoms with Gasteiger partial charge in [-0.1, -0.05) is 12.5 Å². The highest BCUT2D eigenvalue weighted by Crippen LogP contribution is 2.15. The first-order valence-electron chi connectivity index (χ1n) is 7.95. The Kier molecular flexibility index (Phi) is 12.1. The number of hydrogen-bond donors (Lipinski definition) is 1. The fourth-order valence-corrected chi connectivity index (χ4v) is 2.76. The van der Waals surface area contributed by atoms with Crippen molar-refractivity contribution in [2.45, 2.75) is 45.1 Å². The zero-order chi connectivity index (χ0) is 14.8. The van der Waals surface area contributed by atoms with Gasteiger partial charge in [-0.05, 0) is 39.2 Å². The van der Waals surface area contributed by atoms with Crippen LogP contribution in [0.5, 0.6) is 0 Å². The molecular formula is C16H33IN4. The van der Waals surface area contributed by atoms with Crippen molar-refractivity contribution in [3.63, 3.8) is 0 Å². The number of hydrogen-bond acceptors (Lipinski definition) is 2. The van der Waals surface area contributed by atoms with Crippen molar-refractivity contribution in [1.82, 2.24) is 15.1 Å². The molecule has 1 N–H and O–H groups in total. The zero-order valence-electron chi connectivity index (χ0n) is 14.0. The van der Waals surface area contributed by atoms with E-state index in [0.717, 1.165) is 44.5 Å². The third-order valence-electron chi connectivity index (χ3n) is 4.10. The quantitative estimate of drug-likeness (QED) is 0.231. The van der Waals surface area contributed by atoms with Gasteiger partial charge in [-0.25, -0.2) is 0 Å². The minimum atomic E-state index is 0. The maximum absolute atomic E-state index is 4.36. The number of likely N-dealkylation sites (tertiary alicyclic amines) is 1. The fraction of sp³-hybridized carbons (Fsp3) is 0.812. The van der Waals surface area contributed by atoms with Crippen LogP contribution in [0.4, 0.5) is 0 Å². The second kappa shape index (κ2) is 12.3. The lowest BCUT2D eigenvalue weighted by Crippen LogP contribution is -2.45. The second-order valence-electron chi connectivity index (χ2n) is 5.71. The predicted molar refractivity (Wildman–Crippen MR) is 104 cm³/mol. The van der Waals surface area contributed by atoms with Crippen LogP contribution in [0.1, 0.15) is 39.0 Å². The highest BCUT2D eigenvalue weighted by atomic mass is 127. The van der Waals surface area contributed by atoms with Crippen LogP contribution < -0.4 is 5.32 Å². The van der Waals surface area contributed by atoms with E-state index in [4.69, 9.17) is 0 Å². The highest BCUT2D eigenvalue weighted by Gasteiger charge is 2.17. The van der Waals surface area contributed by atoms with Gasteiger partial charge >= 0.3 is 0 Å². The Morgan fingerprint density at radius 3 is 2.86 bits per heavy atom. The van der Waals surface area contributed by atoms with Crippen molar-refractivity contribution in [2.75, 3.05) is 40.3 Å². The van der Waals surface area contributed by atoms with Crippen LogP contribution in [0.2, 0.25) is 0 Å². The Morgan fingerprint density at radius 1 is 1.48 bits per heavy atom. The van der Waals surface area contributed by atoms with Crippen molar-refractivity contribution in [1.29, 1.82) is 0 Å². The Balaban J connectivity index is 0.00000400. The molecule has 1 fully saturated rings. The van der Waals surface area contributed by atoms with E-state index >= 15 is 0 Å². The lowest BCUT2D eigenvalue weighted by Gasteiger charge is -2.33. The molecule has 5 heteroatoms. The highest BCUT2D eigenvalue weighted by molar-refractivity contribution is 14.0. The minimum absolute atomic E-state index is 0. The molecule has 1 atom stereocenters. The number of rotatable bonds is 7. The zero-order valence-corrected chi connectivity index (χ0v) is 16.3. The second-order valence-corrected chi connectivity index (χ2v) is 5.71. The molecule has 0 aromatic rings. The van der Waals surface area contributed by atoms with Crippen LogP contribution >= 0.6 is 24.0 Å². The molecule has 0 aromatic carbocycles. The Bertz CT molecular complexity index is 307. The summed E-state index contributed by atoms with van der Waals surface area (Å²) in [4.78, 5) is 9.14. The van der Waals surface area contributed by atoms with Crippen molar-refractivity contribution in [3.8, 4) is 0 Å². The first kappa shape index (κ1) is 20.7. The molecule has 124 valence electrons. The van der Waals surface area contributed by atoms with Crippen LogP contribution in [0.25, 0.3) is 0 Å².